The quantitative estimate of drug-likeness (QED) is 0.587. The Morgan fingerprint density at radius 3 is 2.58 bits per heavy atom. The predicted octanol–water partition coefficient (Wildman–Crippen LogP) is 3.13. The van der Waals surface area contributed by atoms with Crippen molar-refractivity contribution in [1.29, 1.82) is 5.26 Å². The molecular formula is C19H24N2O3. The summed E-state index contributed by atoms with van der Waals surface area (Å²) in [5.74, 6) is 0.823. The fourth-order valence-corrected chi connectivity index (χ4v) is 3.01. The highest BCUT2D eigenvalue weighted by molar-refractivity contribution is 5.77. The number of rotatable bonds is 8. The van der Waals surface area contributed by atoms with Crippen LogP contribution in [-0.4, -0.2) is 18.4 Å². The van der Waals surface area contributed by atoms with Gasteiger partial charge in [-0.05, 0) is 36.5 Å². The van der Waals surface area contributed by atoms with Gasteiger partial charge in [0.25, 0.3) is 0 Å². The molecule has 5 nitrogen and oxygen atoms in total. The maximum absolute atomic E-state index is 11.9. The molecule has 1 aliphatic rings. The van der Waals surface area contributed by atoms with E-state index in [0.717, 1.165) is 12.0 Å². The minimum Gasteiger partial charge on any atom is -0.427 e. The molecule has 5 heteroatoms. The number of carbonyl (C=O) groups is 2. The van der Waals surface area contributed by atoms with Crippen LogP contribution in [-0.2, 0) is 16.0 Å². The van der Waals surface area contributed by atoms with Gasteiger partial charge in [-0.15, -0.1) is 0 Å². The smallest absolute Gasteiger partial charge is 0.311 e. The Bertz CT molecular complexity index is 584. The van der Waals surface area contributed by atoms with Crippen molar-refractivity contribution in [2.24, 2.45) is 5.92 Å². The first kappa shape index (κ1) is 18.0. The summed E-state index contributed by atoms with van der Waals surface area (Å²) in [6.45, 7) is 0.487. The second kappa shape index (κ2) is 9.71. The average molecular weight is 328 g/mol. The number of esters is 1. The molecule has 0 atom stereocenters. The van der Waals surface area contributed by atoms with E-state index in [1.54, 1.807) is 12.1 Å². The van der Waals surface area contributed by atoms with Gasteiger partial charge in [-0.3, -0.25) is 9.59 Å². The Hall–Kier alpha value is -2.35. The Balaban J connectivity index is 1.68. The lowest BCUT2D eigenvalue weighted by molar-refractivity contribution is -0.134. The minimum atomic E-state index is -0.259. The van der Waals surface area contributed by atoms with Crippen molar-refractivity contribution in [3.63, 3.8) is 0 Å². The summed E-state index contributed by atoms with van der Waals surface area (Å²) in [5, 5.41) is 11.1. The van der Waals surface area contributed by atoms with Gasteiger partial charge in [-0.1, -0.05) is 37.8 Å². The van der Waals surface area contributed by atoms with E-state index < -0.39 is 0 Å². The number of hydrogen-bond acceptors (Lipinski definition) is 4. The molecule has 1 amide bonds. The van der Waals surface area contributed by atoms with Crippen molar-refractivity contribution in [2.75, 3.05) is 6.54 Å². The number of nitriles is 1. The highest BCUT2D eigenvalue weighted by Gasteiger charge is 2.16. The van der Waals surface area contributed by atoms with Crippen molar-refractivity contribution in [3.05, 3.63) is 29.8 Å². The molecule has 0 spiro atoms. The van der Waals surface area contributed by atoms with Gasteiger partial charge in [0, 0.05) is 13.0 Å². The lowest BCUT2D eigenvalue weighted by Crippen LogP contribution is -2.24. The van der Waals surface area contributed by atoms with Gasteiger partial charge in [0.05, 0.1) is 6.07 Å². The second-order valence-electron chi connectivity index (χ2n) is 6.24. The molecule has 0 radical (unpaired) electrons. The molecule has 1 aliphatic carbocycles. The van der Waals surface area contributed by atoms with Crippen LogP contribution >= 0.6 is 0 Å². The Labute approximate surface area is 143 Å². The molecule has 128 valence electrons. The first-order valence-electron chi connectivity index (χ1n) is 8.60. The van der Waals surface area contributed by atoms with Gasteiger partial charge in [-0.25, -0.2) is 0 Å². The molecule has 1 fully saturated rings. The van der Waals surface area contributed by atoms with Crippen LogP contribution in [0.3, 0.4) is 0 Å². The normalized spacial score (nSPS) is 14.1. The average Bonchev–Trinajstić information content (AvgIpc) is 3.08. The number of benzene rings is 1. The van der Waals surface area contributed by atoms with E-state index in [1.165, 1.54) is 25.7 Å². The lowest BCUT2D eigenvalue weighted by atomic mass is 10.0. The fraction of sp³-hybridized carbons (Fsp3) is 0.526. The summed E-state index contributed by atoms with van der Waals surface area (Å²) in [4.78, 5) is 23.0. The van der Waals surface area contributed by atoms with Crippen molar-refractivity contribution >= 4 is 11.9 Å². The summed E-state index contributed by atoms with van der Waals surface area (Å²) in [6, 6.07) is 9.13. The second-order valence-corrected chi connectivity index (χ2v) is 6.24. The molecule has 1 aromatic rings. The van der Waals surface area contributed by atoms with Gasteiger partial charge in [0.15, 0.2) is 0 Å². The van der Waals surface area contributed by atoms with E-state index in [4.69, 9.17) is 10.00 Å². The molecule has 1 saturated carbocycles. The summed E-state index contributed by atoms with van der Waals surface area (Å²) < 4.78 is 5.36. The van der Waals surface area contributed by atoms with E-state index in [-0.39, 0.29) is 18.3 Å². The van der Waals surface area contributed by atoms with Crippen molar-refractivity contribution in [2.45, 2.75) is 51.4 Å². The van der Waals surface area contributed by atoms with Crippen LogP contribution in [0.5, 0.6) is 5.75 Å². The van der Waals surface area contributed by atoms with Crippen LogP contribution in [0.15, 0.2) is 24.3 Å². The monoisotopic (exact) mass is 328 g/mol. The van der Waals surface area contributed by atoms with Gasteiger partial charge >= 0.3 is 5.97 Å². The van der Waals surface area contributed by atoms with Crippen LogP contribution in [0.25, 0.3) is 0 Å². The molecule has 0 bridgehead atoms. The van der Waals surface area contributed by atoms with E-state index in [9.17, 15) is 9.59 Å². The standard InChI is InChI=1S/C19H24N2O3/c20-13-11-18(22)21-14-12-16-5-8-17(9-6-16)24-19(23)10-7-15-3-1-2-4-15/h5-6,8-9,15H,1-4,7,10-12,14H2,(H,21,22). The van der Waals surface area contributed by atoms with Crippen LogP contribution in [0.1, 0.15) is 50.5 Å². The maximum atomic E-state index is 11.9. The zero-order valence-electron chi connectivity index (χ0n) is 13.9. The van der Waals surface area contributed by atoms with Crippen molar-refractivity contribution in [3.8, 4) is 11.8 Å². The minimum absolute atomic E-state index is 0.115. The third kappa shape index (κ3) is 6.41. The Morgan fingerprint density at radius 2 is 1.92 bits per heavy atom. The van der Waals surface area contributed by atoms with E-state index in [2.05, 4.69) is 5.32 Å². The summed E-state index contributed by atoms with van der Waals surface area (Å²) in [7, 11) is 0. The molecule has 0 aliphatic heterocycles. The summed E-state index contributed by atoms with van der Waals surface area (Å²) in [6.07, 6.45) is 7.04. The molecule has 0 unspecified atom stereocenters. The van der Waals surface area contributed by atoms with E-state index in [1.807, 2.05) is 18.2 Å². The summed E-state index contributed by atoms with van der Waals surface area (Å²) in [5.41, 5.74) is 1.04. The number of hydrogen-bond donors (Lipinski definition) is 1. The Kier molecular flexibility index (Phi) is 7.28. The molecule has 0 saturated heterocycles. The molecule has 0 heterocycles. The molecule has 1 aromatic carbocycles. The molecule has 1 N–H and O–H groups in total. The SMILES string of the molecule is N#CCC(=O)NCCc1ccc(OC(=O)CCC2CCCC2)cc1. The zero-order valence-corrected chi connectivity index (χ0v) is 13.9. The van der Waals surface area contributed by atoms with E-state index >= 15 is 0 Å². The number of ether oxygens (including phenoxy) is 1. The van der Waals surface area contributed by atoms with Gasteiger partial charge in [0.1, 0.15) is 12.2 Å². The molecule has 24 heavy (non-hydrogen) atoms. The largest absolute Gasteiger partial charge is 0.427 e. The summed E-state index contributed by atoms with van der Waals surface area (Å²) >= 11 is 0. The molecular weight excluding hydrogens is 304 g/mol. The van der Waals surface area contributed by atoms with Crippen LogP contribution in [0.4, 0.5) is 0 Å². The lowest BCUT2D eigenvalue weighted by Gasteiger charge is -2.09. The van der Waals surface area contributed by atoms with Crippen LogP contribution in [0, 0.1) is 17.2 Å². The number of carbonyl (C=O) groups excluding carboxylic acids is 2. The predicted molar refractivity (Wildman–Crippen MR) is 90.2 cm³/mol. The first-order chi connectivity index (χ1) is 11.7. The zero-order chi connectivity index (χ0) is 17.2. The van der Waals surface area contributed by atoms with Crippen LogP contribution < -0.4 is 10.1 Å². The molecule has 2 rings (SSSR count). The topological polar surface area (TPSA) is 79.2 Å². The first-order valence-corrected chi connectivity index (χ1v) is 8.60. The van der Waals surface area contributed by atoms with Crippen molar-refractivity contribution < 1.29 is 14.3 Å². The van der Waals surface area contributed by atoms with Gasteiger partial charge in [-0.2, -0.15) is 5.26 Å². The van der Waals surface area contributed by atoms with Crippen LogP contribution in [0.2, 0.25) is 0 Å². The van der Waals surface area contributed by atoms with E-state index in [0.29, 0.717) is 31.1 Å². The highest BCUT2D eigenvalue weighted by atomic mass is 16.5. The third-order valence-corrected chi connectivity index (χ3v) is 4.36. The Morgan fingerprint density at radius 1 is 1.21 bits per heavy atom. The number of nitrogens with zero attached hydrogens (tertiary/aromatic N) is 1. The van der Waals surface area contributed by atoms with Gasteiger partial charge in [0.2, 0.25) is 5.91 Å². The molecule has 0 aromatic heterocycles. The number of nitrogens with one attached hydrogen (secondary N) is 1. The van der Waals surface area contributed by atoms with Crippen molar-refractivity contribution in [1.82, 2.24) is 5.32 Å². The van der Waals surface area contributed by atoms with Gasteiger partial charge < -0.3 is 10.1 Å². The number of amides is 1. The maximum Gasteiger partial charge on any atom is 0.311 e. The highest BCUT2D eigenvalue weighted by Crippen LogP contribution is 2.28. The fourth-order valence-electron chi connectivity index (χ4n) is 3.01. The third-order valence-electron chi connectivity index (χ3n) is 4.36.